The van der Waals surface area contributed by atoms with Crippen molar-refractivity contribution >= 4 is 23.2 Å². The number of aryl methyl sites for hydroxylation is 1. The number of halogens is 1. The lowest BCUT2D eigenvalue weighted by atomic mass is 9.98. The molecule has 2 aromatic rings. The van der Waals surface area contributed by atoms with Crippen molar-refractivity contribution in [2.45, 2.75) is 53.5 Å². The zero-order valence-corrected chi connectivity index (χ0v) is 15.8. The van der Waals surface area contributed by atoms with Crippen molar-refractivity contribution in [1.82, 2.24) is 9.78 Å². The third-order valence-corrected chi connectivity index (χ3v) is 4.56. The van der Waals surface area contributed by atoms with Gasteiger partial charge in [0.1, 0.15) is 5.15 Å². The van der Waals surface area contributed by atoms with Crippen LogP contribution >= 0.6 is 11.6 Å². The van der Waals surface area contributed by atoms with Crippen LogP contribution in [0.25, 0.3) is 0 Å². The largest absolute Gasteiger partial charge is 0.322 e. The van der Waals surface area contributed by atoms with Gasteiger partial charge in [0, 0.05) is 12.2 Å². The Morgan fingerprint density at radius 3 is 2.42 bits per heavy atom. The maximum Gasteiger partial charge on any atom is 0.260 e. The number of carbonyl (C=O) groups excluding carboxylic acids is 1. The Morgan fingerprint density at radius 1 is 1.25 bits per heavy atom. The van der Waals surface area contributed by atoms with Gasteiger partial charge in [0.25, 0.3) is 5.91 Å². The smallest absolute Gasteiger partial charge is 0.260 e. The summed E-state index contributed by atoms with van der Waals surface area (Å²) in [4.78, 5) is 12.6. The van der Waals surface area contributed by atoms with Gasteiger partial charge in [0.2, 0.25) is 0 Å². The molecule has 1 aromatic carbocycles. The number of carbonyl (C=O) groups is 1. The van der Waals surface area contributed by atoms with Crippen LogP contribution in [0.2, 0.25) is 5.15 Å². The van der Waals surface area contributed by atoms with E-state index in [0.29, 0.717) is 34.8 Å². The van der Waals surface area contributed by atoms with Gasteiger partial charge in [-0.05, 0) is 42.9 Å². The van der Waals surface area contributed by atoms with Gasteiger partial charge < -0.3 is 5.32 Å². The molecule has 130 valence electrons. The highest BCUT2D eigenvalue weighted by Crippen LogP contribution is 2.24. The number of nitrogens with one attached hydrogen (secondary N) is 1. The molecule has 0 radical (unpaired) electrons. The maximum absolute atomic E-state index is 12.6. The minimum Gasteiger partial charge on any atom is -0.322 e. The van der Waals surface area contributed by atoms with Crippen LogP contribution < -0.4 is 5.32 Å². The first-order chi connectivity index (χ1) is 11.3. The molecule has 1 amide bonds. The molecule has 0 saturated heterocycles. The Hall–Kier alpha value is -1.81. The number of benzene rings is 1. The van der Waals surface area contributed by atoms with E-state index in [1.54, 1.807) is 4.68 Å². The first-order valence-electron chi connectivity index (χ1n) is 8.47. The quantitative estimate of drug-likeness (QED) is 0.774. The number of nitrogens with zero attached hydrogens (tertiary/aromatic N) is 2. The fourth-order valence-electron chi connectivity index (χ4n) is 2.60. The Bertz CT molecular complexity index is 704. The van der Waals surface area contributed by atoms with Crippen LogP contribution in [0.15, 0.2) is 24.3 Å². The van der Waals surface area contributed by atoms with Crippen molar-refractivity contribution in [3.05, 3.63) is 46.2 Å². The molecule has 1 atom stereocenters. The lowest BCUT2D eigenvalue weighted by Gasteiger charge is -2.10. The summed E-state index contributed by atoms with van der Waals surface area (Å²) in [5.74, 6) is 0.704. The molecule has 0 saturated carbocycles. The molecule has 4 nitrogen and oxygen atoms in total. The van der Waals surface area contributed by atoms with Crippen molar-refractivity contribution in [2.75, 3.05) is 5.32 Å². The number of anilines is 1. The van der Waals surface area contributed by atoms with Crippen molar-refractivity contribution < 1.29 is 4.79 Å². The number of hydrogen-bond donors (Lipinski definition) is 1. The van der Waals surface area contributed by atoms with E-state index in [4.69, 9.17) is 11.6 Å². The predicted molar refractivity (Wildman–Crippen MR) is 99.9 cm³/mol. The minimum absolute atomic E-state index is 0.219. The molecule has 0 bridgehead atoms. The molecule has 0 spiro atoms. The first kappa shape index (κ1) is 18.5. The second-order valence-corrected chi connectivity index (χ2v) is 7.07. The summed E-state index contributed by atoms with van der Waals surface area (Å²) in [6.07, 6.45) is 1.09. The third-order valence-electron chi connectivity index (χ3n) is 4.18. The van der Waals surface area contributed by atoms with Crippen LogP contribution in [0.1, 0.15) is 61.6 Å². The lowest BCUT2D eigenvalue weighted by molar-refractivity contribution is 0.102. The normalized spacial score (nSPS) is 12.5. The summed E-state index contributed by atoms with van der Waals surface area (Å²) >= 11 is 6.36. The monoisotopic (exact) mass is 347 g/mol. The minimum atomic E-state index is -0.219. The highest BCUT2D eigenvalue weighted by Gasteiger charge is 2.20. The van der Waals surface area contributed by atoms with E-state index in [-0.39, 0.29) is 5.91 Å². The molecule has 24 heavy (non-hydrogen) atoms. The zero-order chi connectivity index (χ0) is 17.9. The van der Waals surface area contributed by atoms with Crippen LogP contribution in [0.4, 0.5) is 5.69 Å². The summed E-state index contributed by atoms with van der Waals surface area (Å²) in [5, 5.41) is 7.70. The summed E-state index contributed by atoms with van der Waals surface area (Å²) in [7, 11) is 0. The lowest BCUT2D eigenvalue weighted by Crippen LogP contribution is -2.13. The van der Waals surface area contributed by atoms with Crippen molar-refractivity contribution in [2.24, 2.45) is 5.92 Å². The Labute approximate surface area is 149 Å². The van der Waals surface area contributed by atoms with Crippen LogP contribution in [-0.4, -0.2) is 15.7 Å². The van der Waals surface area contributed by atoms with E-state index < -0.39 is 0 Å². The van der Waals surface area contributed by atoms with Crippen molar-refractivity contribution in [3.8, 4) is 0 Å². The molecule has 2 rings (SSSR count). The molecular formula is C19H26ClN3O. The zero-order valence-electron chi connectivity index (χ0n) is 15.1. The standard InChI is InChI=1S/C19H26ClN3O/c1-6-13(4)15-7-9-16(10-8-15)21-19(24)17-14(5)22-23(18(17)20)11-12(2)3/h7-10,12-13H,6,11H2,1-5H3,(H,21,24). The average Bonchev–Trinajstić information content (AvgIpc) is 2.80. The first-order valence-corrected chi connectivity index (χ1v) is 8.85. The van der Waals surface area contributed by atoms with E-state index in [0.717, 1.165) is 12.1 Å². The predicted octanol–water partition coefficient (Wildman–Crippen LogP) is 5.27. The van der Waals surface area contributed by atoms with E-state index in [2.05, 4.69) is 50.2 Å². The summed E-state index contributed by atoms with van der Waals surface area (Å²) < 4.78 is 1.70. The molecule has 0 aliphatic rings. The van der Waals surface area contributed by atoms with Crippen LogP contribution in [0, 0.1) is 12.8 Å². The van der Waals surface area contributed by atoms with Gasteiger partial charge in [-0.25, -0.2) is 0 Å². The Balaban J connectivity index is 2.16. The molecule has 1 N–H and O–H groups in total. The summed E-state index contributed by atoms with van der Waals surface area (Å²) in [6.45, 7) is 11.0. The maximum atomic E-state index is 12.6. The van der Waals surface area contributed by atoms with Crippen molar-refractivity contribution in [1.29, 1.82) is 0 Å². The number of amides is 1. The highest BCUT2D eigenvalue weighted by atomic mass is 35.5. The van der Waals surface area contributed by atoms with Crippen LogP contribution in [0.5, 0.6) is 0 Å². The van der Waals surface area contributed by atoms with Gasteiger partial charge >= 0.3 is 0 Å². The van der Waals surface area contributed by atoms with E-state index in [1.165, 1.54) is 5.56 Å². The molecule has 1 heterocycles. The number of aromatic nitrogens is 2. The molecule has 1 aromatic heterocycles. The molecular weight excluding hydrogens is 322 g/mol. The SMILES string of the molecule is CCC(C)c1ccc(NC(=O)c2c(C)nn(CC(C)C)c2Cl)cc1. The summed E-state index contributed by atoms with van der Waals surface area (Å²) in [6, 6.07) is 7.98. The molecule has 5 heteroatoms. The summed E-state index contributed by atoms with van der Waals surface area (Å²) in [5.41, 5.74) is 3.13. The second-order valence-electron chi connectivity index (χ2n) is 6.71. The fourth-order valence-corrected chi connectivity index (χ4v) is 2.93. The van der Waals surface area contributed by atoms with Crippen molar-refractivity contribution in [3.63, 3.8) is 0 Å². The number of hydrogen-bond acceptors (Lipinski definition) is 2. The highest BCUT2D eigenvalue weighted by molar-refractivity contribution is 6.33. The van der Waals surface area contributed by atoms with E-state index >= 15 is 0 Å². The van der Waals surface area contributed by atoms with Gasteiger partial charge in [-0.15, -0.1) is 0 Å². The molecule has 0 fully saturated rings. The van der Waals surface area contributed by atoms with Gasteiger partial charge in [0.15, 0.2) is 0 Å². The molecule has 1 unspecified atom stereocenters. The topological polar surface area (TPSA) is 46.9 Å². The van der Waals surface area contributed by atoms with Gasteiger partial charge in [-0.3, -0.25) is 9.48 Å². The number of rotatable bonds is 6. The molecule has 0 aliphatic heterocycles. The molecule has 0 aliphatic carbocycles. The Kier molecular flexibility index (Phi) is 6.05. The Morgan fingerprint density at radius 2 is 1.88 bits per heavy atom. The van der Waals surface area contributed by atoms with Gasteiger partial charge in [0.05, 0.1) is 11.3 Å². The average molecular weight is 348 g/mol. The van der Waals surface area contributed by atoms with E-state index in [1.807, 2.05) is 19.1 Å². The van der Waals surface area contributed by atoms with Gasteiger partial charge in [-0.1, -0.05) is 51.4 Å². The van der Waals surface area contributed by atoms with E-state index in [9.17, 15) is 4.79 Å². The van der Waals surface area contributed by atoms with Crippen LogP contribution in [0.3, 0.4) is 0 Å². The third kappa shape index (κ3) is 4.18. The van der Waals surface area contributed by atoms with Gasteiger partial charge in [-0.2, -0.15) is 5.10 Å². The fraction of sp³-hybridized carbons (Fsp3) is 0.474. The second kappa shape index (κ2) is 7.84. The van der Waals surface area contributed by atoms with Crippen LogP contribution in [-0.2, 0) is 6.54 Å².